The third-order valence-corrected chi connectivity index (χ3v) is 4.37. The predicted octanol–water partition coefficient (Wildman–Crippen LogP) is 2.19. The summed E-state index contributed by atoms with van der Waals surface area (Å²) in [5.74, 6) is -1.04. The molecule has 0 aliphatic carbocycles. The lowest BCUT2D eigenvalue weighted by Gasteiger charge is -2.23. The van der Waals surface area contributed by atoms with E-state index < -0.39 is 11.2 Å². The number of amides is 2. The van der Waals surface area contributed by atoms with Crippen LogP contribution in [0.3, 0.4) is 0 Å². The van der Waals surface area contributed by atoms with Crippen molar-refractivity contribution in [3.63, 3.8) is 0 Å². The summed E-state index contributed by atoms with van der Waals surface area (Å²) in [5, 5.41) is 2.61. The summed E-state index contributed by atoms with van der Waals surface area (Å²) in [6, 6.07) is 4.42. The highest BCUT2D eigenvalue weighted by Crippen LogP contribution is 2.32. The summed E-state index contributed by atoms with van der Waals surface area (Å²) in [7, 11) is 1.57. The number of nitrogens with one attached hydrogen (secondary N) is 1. The number of hydrogen-bond acceptors (Lipinski definition) is 2. The van der Waals surface area contributed by atoms with Gasteiger partial charge in [-0.25, -0.2) is 4.39 Å². The van der Waals surface area contributed by atoms with Crippen molar-refractivity contribution in [3.8, 4) is 0 Å². The SMILES string of the molecule is CNC(=O)C1(C)CCN(C(=O)c2c(F)cccc2Br)C1. The molecule has 1 heterocycles. The first-order valence-electron chi connectivity index (χ1n) is 6.34. The molecule has 1 fully saturated rings. The molecular weight excluding hydrogens is 327 g/mol. The van der Waals surface area contributed by atoms with E-state index in [1.807, 2.05) is 6.92 Å². The van der Waals surface area contributed by atoms with Crippen LogP contribution in [0.4, 0.5) is 4.39 Å². The molecule has 4 nitrogen and oxygen atoms in total. The van der Waals surface area contributed by atoms with Crippen molar-refractivity contribution in [1.29, 1.82) is 0 Å². The number of nitrogens with zero attached hydrogens (tertiary/aromatic N) is 1. The number of carbonyl (C=O) groups excluding carboxylic acids is 2. The molecule has 1 aliphatic heterocycles. The van der Waals surface area contributed by atoms with Gasteiger partial charge in [0.05, 0.1) is 11.0 Å². The number of benzene rings is 1. The predicted molar refractivity (Wildman–Crippen MR) is 76.8 cm³/mol. The summed E-state index contributed by atoms with van der Waals surface area (Å²) in [6.45, 7) is 2.56. The Labute approximate surface area is 125 Å². The maximum absolute atomic E-state index is 13.8. The lowest BCUT2D eigenvalue weighted by atomic mass is 9.89. The molecule has 0 radical (unpaired) electrons. The van der Waals surface area contributed by atoms with Gasteiger partial charge in [0.25, 0.3) is 5.91 Å². The van der Waals surface area contributed by atoms with Gasteiger partial charge in [-0.1, -0.05) is 6.07 Å². The van der Waals surface area contributed by atoms with E-state index in [-0.39, 0.29) is 17.4 Å². The van der Waals surface area contributed by atoms with Gasteiger partial charge in [-0.05, 0) is 41.4 Å². The molecule has 1 atom stereocenters. The first-order chi connectivity index (χ1) is 9.39. The van der Waals surface area contributed by atoms with E-state index in [4.69, 9.17) is 0 Å². The Bertz CT molecular complexity index is 544. The van der Waals surface area contributed by atoms with Crippen LogP contribution in [0, 0.1) is 11.2 Å². The molecule has 6 heteroatoms. The van der Waals surface area contributed by atoms with Crippen LogP contribution in [0.1, 0.15) is 23.7 Å². The van der Waals surface area contributed by atoms with E-state index in [1.165, 1.54) is 17.0 Å². The fourth-order valence-corrected chi connectivity index (χ4v) is 2.99. The van der Waals surface area contributed by atoms with Crippen LogP contribution in [0.2, 0.25) is 0 Å². The van der Waals surface area contributed by atoms with Crippen LogP contribution in [0.5, 0.6) is 0 Å². The highest BCUT2D eigenvalue weighted by atomic mass is 79.9. The number of hydrogen-bond donors (Lipinski definition) is 1. The minimum absolute atomic E-state index is 0.0219. The normalized spacial score (nSPS) is 21.9. The summed E-state index contributed by atoms with van der Waals surface area (Å²) < 4.78 is 14.2. The Kier molecular flexibility index (Phi) is 4.13. The molecule has 1 aromatic rings. The average molecular weight is 343 g/mol. The first-order valence-corrected chi connectivity index (χ1v) is 7.14. The largest absolute Gasteiger partial charge is 0.359 e. The summed E-state index contributed by atoms with van der Waals surface area (Å²) >= 11 is 3.20. The van der Waals surface area contributed by atoms with Crippen molar-refractivity contribution >= 4 is 27.7 Å². The number of likely N-dealkylation sites (tertiary alicyclic amines) is 1. The first kappa shape index (κ1) is 15.0. The van der Waals surface area contributed by atoms with Crippen LogP contribution >= 0.6 is 15.9 Å². The highest BCUT2D eigenvalue weighted by Gasteiger charge is 2.42. The number of carbonyl (C=O) groups is 2. The van der Waals surface area contributed by atoms with Crippen LogP contribution in [-0.2, 0) is 4.79 Å². The van der Waals surface area contributed by atoms with Gasteiger partial charge in [0.1, 0.15) is 5.82 Å². The summed E-state index contributed by atoms with van der Waals surface area (Å²) in [6.07, 6.45) is 0.574. The van der Waals surface area contributed by atoms with Gasteiger partial charge < -0.3 is 10.2 Å². The van der Waals surface area contributed by atoms with Gasteiger partial charge >= 0.3 is 0 Å². The summed E-state index contributed by atoms with van der Waals surface area (Å²) in [4.78, 5) is 25.8. The van der Waals surface area contributed by atoms with E-state index in [9.17, 15) is 14.0 Å². The molecule has 1 saturated heterocycles. The molecule has 1 N–H and O–H groups in total. The minimum Gasteiger partial charge on any atom is -0.359 e. The third-order valence-electron chi connectivity index (χ3n) is 3.71. The van der Waals surface area contributed by atoms with Crippen LogP contribution < -0.4 is 5.32 Å². The van der Waals surface area contributed by atoms with E-state index in [1.54, 1.807) is 13.1 Å². The van der Waals surface area contributed by atoms with Gasteiger partial charge in [-0.2, -0.15) is 0 Å². The fraction of sp³-hybridized carbons (Fsp3) is 0.429. The zero-order chi connectivity index (χ0) is 14.9. The quantitative estimate of drug-likeness (QED) is 0.895. The molecule has 1 aliphatic rings. The smallest absolute Gasteiger partial charge is 0.258 e. The van der Waals surface area contributed by atoms with Gasteiger partial charge in [0, 0.05) is 24.6 Å². The van der Waals surface area contributed by atoms with Gasteiger partial charge in [-0.15, -0.1) is 0 Å². The number of halogens is 2. The Morgan fingerprint density at radius 3 is 2.75 bits per heavy atom. The Morgan fingerprint density at radius 1 is 1.45 bits per heavy atom. The van der Waals surface area contributed by atoms with E-state index in [2.05, 4.69) is 21.2 Å². The molecule has 20 heavy (non-hydrogen) atoms. The lowest BCUT2D eigenvalue weighted by Crippen LogP contribution is -2.40. The summed E-state index contributed by atoms with van der Waals surface area (Å²) in [5.41, 5.74) is -0.587. The van der Waals surface area contributed by atoms with E-state index in [0.717, 1.165) is 0 Å². The molecule has 0 bridgehead atoms. The molecule has 2 amide bonds. The zero-order valence-corrected chi connectivity index (χ0v) is 13.0. The highest BCUT2D eigenvalue weighted by molar-refractivity contribution is 9.10. The van der Waals surface area contributed by atoms with Gasteiger partial charge in [0.15, 0.2) is 0 Å². The van der Waals surface area contributed by atoms with Crippen molar-refractivity contribution in [1.82, 2.24) is 10.2 Å². The maximum Gasteiger partial charge on any atom is 0.258 e. The Hall–Kier alpha value is -1.43. The second-order valence-electron chi connectivity index (χ2n) is 5.21. The standard InChI is InChI=1S/C14H16BrFN2O2/c1-14(13(20)17-2)6-7-18(8-14)12(19)11-9(15)4-3-5-10(11)16/h3-5H,6-8H2,1-2H3,(H,17,20). The monoisotopic (exact) mass is 342 g/mol. The third kappa shape index (κ3) is 2.57. The molecule has 2 rings (SSSR count). The van der Waals surface area contributed by atoms with E-state index in [0.29, 0.717) is 24.0 Å². The van der Waals surface area contributed by atoms with Crippen molar-refractivity contribution in [2.75, 3.05) is 20.1 Å². The van der Waals surface area contributed by atoms with Crippen molar-refractivity contribution < 1.29 is 14.0 Å². The molecule has 1 unspecified atom stereocenters. The van der Waals surface area contributed by atoms with Crippen molar-refractivity contribution in [2.45, 2.75) is 13.3 Å². The van der Waals surface area contributed by atoms with E-state index >= 15 is 0 Å². The molecule has 0 spiro atoms. The maximum atomic E-state index is 13.8. The molecule has 108 valence electrons. The topological polar surface area (TPSA) is 49.4 Å². The second kappa shape index (κ2) is 5.52. The van der Waals surface area contributed by atoms with Crippen LogP contribution in [0.15, 0.2) is 22.7 Å². The fourth-order valence-electron chi connectivity index (χ4n) is 2.48. The minimum atomic E-state index is -0.609. The van der Waals surface area contributed by atoms with Crippen molar-refractivity contribution in [3.05, 3.63) is 34.1 Å². The van der Waals surface area contributed by atoms with Gasteiger partial charge in [-0.3, -0.25) is 9.59 Å². The molecule has 0 saturated carbocycles. The molecule has 0 aromatic heterocycles. The lowest BCUT2D eigenvalue weighted by molar-refractivity contribution is -0.128. The van der Waals surface area contributed by atoms with Crippen molar-refractivity contribution in [2.24, 2.45) is 5.41 Å². The zero-order valence-electron chi connectivity index (χ0n) is 11.4. The van der Waals surface area contributed by atoms with Crippen LogP contribution in [-0.4, -0.2) is 36.9 Å². The average Bonchev–Trinajstić information content (AvgIpc) is 2.81. The number of rotatable bonds is 2. The van der Waals surface area contributed by atoms with Gasteiger partial charge in [0.2, 0.25) is 5.91 Å². The Morgan fingerprint density at radius 2 is 2.15 bits per heavy atom. The van der Waals surface area contributed by atoms with Crippen LogP contribution in [0.25, 0.3) is 0 Å². The molecule has 1 aromatic carbocycles. The second-order valence-corrected chi connectivity index (χ2v) is 6.07. The Balaban J connectivity index is 2.23. The molecular formula is C14H16BrFN2O2.